The van der Waals surface area contributed by atoms with E-state index >= 15 is 0 Å². The van der Waals surface area contributed by atoms with Gasteiger partial charge in [-0.05, 0) is 31.2 Å². The van der Waals surface area contributed by atoms with Crippen molar-refractivity contribution in [3.05, 3.63) is 65.1 Å². The first kappa shape index (κ1) is 16.8. The van der Waals surface area contributed by atoms with Crippen molar-refractivity contribution in [1.29, 1.82) is 0 Å². The molecule has 1 heterocycles. The summed E-state index contributed by atoms with van der Waals surface area (Å²) in [5.41, 5.74) is 1.44. The van der Waals surface area contributed by atoms with Crippen LogP contribution in [0.4, 0.5) is 0 Å². The fourth-order valence-electron chi connectivity index (χ4n) is 2.81. The molecule has 0 radical (unpaired) electrons. The molecule has 2 aromatic carbocycles. The summed E-state index contributed by atoms with van der Waals surface area (Å²) in [5.74, 6) is 0.553. The molecule has 0 bridgehead atoms. The lowest BCUT2D eigenvalue weighted by atomic mass is 10.3. The van der Waals surface area contributed by atoms with Crippen LogP contribution < -0.4 is 15.7 Å². The van der Waals surface area contributed by atoms with E-state index in [9.17, 15) is 9.59 Å². The lowest BCUT2D eigenvalue weighted by molar-refractivity contribution is -0.121. The number of aromatic nitrogens is 2. The Hall–Kier alpha value is -3.02. The number of ether oxygens (including phenoxy) is 1. The Bertz CT molecular complexity index is 913. The van der Waals surface area contributed by atoms with E-state index in [4.69, 9.17) is 4.74 Å². The highest BCUT2D eigenvalue weighted by atomic mass is 16.5. The highest BCUT2D eigenvalue weighted by Gasteiger charge is 2.13. The Balaban J connectivity index is 1.61. The van der Waals surface area contributed by atoms with Crippen LogP contribution in [0, 0.1) is 0 Å². The number of hydrogen-bond donors (Lipinski definition) is 1. The maximum absolute atomic E-state index is 12.5. The fourth-order valence-corrected chi connectivity index (χ4v) is 2.81. The molecule has 0 aliphatic heterocycles. The molecule has 3 aromatic rings. The van der Waals surface area contributed by atoms with E-state index in [1.54, 1.807) is 4.57 Å². The molecule has 130 valence electrons. The number of aryl methyl sites for hydroxylation is 1. The summed E-state index contributed by atoms with van der Waals surface area (Å²) in [5, 5.41) is 2.79. The van der Waals surface area contributed by atoms with Crippen molar-refractivity contribution in [2.75, 3.05) is 13.2 Å². The number of nitrogens with one attached hydrogen (secondary N) is 1. The molecule has 0 saturated carbocycles. The molecule has 0 fully saturated rings. The van der Waals surface area contributed by atoms with Crippen molar-refractivity contribution in [2.45, 2.75) is 20.0 Å². The van der Waals surface area contributed by atoms with E-state index in [0.717, 1.165) is 16.8 Å². The molecule has 1 amide bonds. The number of hydrogen-bond acceptors (Lipinski definition) is 3. The van der Waals surface area contributed by atoms with Gasteiger partial charge in [-0.3, -0.25) is 13.9 Å². The predicted octanol–water partition coefficient (Wildman–Crippen LogP) is 2.02. The lowest BCUT2D eigenvalue weighted by Crippen LogP contribution is -2.35. The van der Waals surface area contributed by atoms with Gasteiger partial charge in [0.2, 0.25) is 5.91 Å². The largest absolute Gasteiger partial charge is 0.492 e. The van der Waals surface area contributed by atoms with Gasteiger partial charge in [-0.1, -0.05) is 30.3 Å². The molecule has 1 aromatic heterocycles. The van der Waals surface area contributed by atoms with E-state index in [1.807, 2.05) is 61.5 Å². The quantitative estimate of drug-likeness (QED) is 0.670. The van der Waals surface area contributed by atoms with Gasteiger partial charge in [0.05, 0.1) is 17.6 Å². The van der Waals surface area contributed by atoms with Gasteiger partial charge >= 0.3 is 5.69 Å². The third kappa shape index (κ3) is 3.74. The molecule has 6 nitrogen and oxygen atoms in total. The average molecular weight is 339 g/mol. The second-order valence-electron chi connectivity index (χ2n) is 5.61. The number of benzene rings is 2. The Morgan fingerprint density at radius 3 is 2.32 bits per heavy atom. The molecule has 0 aliphatic carbocycles. The molecule has 0 saturated heterocycles. The molecule has 0 atom stereocenters. The maximum atomic E-state index is 12.5. The van der Waals surface area contributed by atoms with Crippen LogP contribution in [0.5, 0.6) is 5.75 Å². The Morgan fingerprint density at radius 1 is 1.00 bits per heavy atom. The summed E-state index contributed by atoms with van der Waals surface area (Å²) in [6, 6.07) is 16.9. The number of amides is 1. The summed E-state index contributed by atoms with van der Waals surface area (Å²) in [6.07, 6.45) is 0. The third-order valence-corrected chi connectivity index (χ3v) is 3.98. The first-order valence-corrected chi connectivity index (χ1v) is 8.33. The van der Waals surface area contributed by atoms with Crippen molar-refractivity contribution in [3.8, 4) is 5.75 Å². The zero-order valence-corrected chi connectivity index (χ0v) is 14.1. The number of imidazole rings is 1. The number of fused-ring (bicyclic) bond motifs is 1. The Kier molecular flexibility index (Phi) is 5.18. The smallest absolute Gasteiger partial charge is 0.329 e. The monoisotopic (exact) mass is 339 g/mol. The molecule has 0 unspecified atom stereocenters. The molecular weight excluding hydrogens is 318 g/mol. The average Bonchev–Trinajstić information content (AvgIpc) is 2.91. The normalized spacial score (nSPS) is 10.8. The molecule has 1 N–H and O–H groups in total. The maximum Gasteiger partial charge on any atom is 0.329 e. The van der Waals surface area contributed by atoms with E-state index in [2.05, 4.69) is 5.32 Å². The standard InChI is InChI=1S/C19H21N3O3/c1-2-21-16-10-6-7-11-17(16)22(19(21)24)14-18(23)20-12-13-25-15-8-4-3-5-9-15/h3-11H,2,12-14H2,1H3,(H,20,23). The van der Waals surface area contributed by atoms with Gasteiger partial charge in [-0.2, -0.15) is 0 Å². The van der Waals surface area contributed by atoms with Gasteiger partial charge in [-0.25, -0.2) is 4.79 Å². The summed E-state index contributed by atoms with van der Waals surface area (Å²) >= 11 is 0. The number of carbonyl (C=O) groups excluding carboxylic acids is 1. The van der Waals surface area contributed by atoms with Gasteiger partial charge in [0.25, 0.3) is 0 Å². The third-order valence-electron chi connectivity index (χ3n) is 3.98. The van der Waals surface area contributed by atoms with Crippen LogP contribution in [0.2, 0.25) is 0 Å². The summed E-state index contributed by atoms with van der Waals surface area (Å²) in [6.45, 7) is 3.24. The highest BCUT2D eigenvalue weighted by molar-refractivity contribution is 5.80. The van der Waals surface area contributed by atoms with Crippen LogP contribution in [-0.2, 0) is 17.9 Å². The van der Waals surface area contributed by atoms with Crippen LogP contribution in [-0.4, -0.2) is 28.2 Å². The van der Waals surface area contributed by atoms with Crippen LogP contribution in [0.1, 0.15) is 6.92 Å². The zero-order valence-electron chi connectivity index (χ0n) is 14.1. The first-order valence-electron chi connectivity index (χ1n) is 8.33. The lowest BCUT2D eigenvalue weighted by Gasteiger charge is -2.08. The molecule has 0 aliphatic rings. The molecule has 25 heavy (non-hydrogen) atoms. The first-order chi connectivity index (χ1) is 12.2. The van der Waals surface area contributed by atoms with Crippen molar-refractivity contribution in [3.63, 3.8) is 0 Å². The number of carbonyl (C=O) groups is 1. The van der Waals surface area contributed by atoms with Crippen molar-refractivity contribution >= 4 is 16.9 Å². The van der Waals surface area contributed by atoms with Gasteiger partial charge < -0.3 is 10.1 Å². The highest BCUT2D eigenvalue weighted by Crippen LogP contribution is 2.12. The van der Waals surface area contributed by atoms with Crippen LogP contribution >= 0.6 is 0 Å². The predicted molar refractivity (Wildman–Crippen MR) is 96.8 cm³/mol. The van der Waals surface area contributed by atoms with E-state index in [0.29, 0.717) is 19.7 Å². The van der Waals surface area contributed by atoms with Crippen LogP contribution in [0.25, 0.3) is 11.0 Å². The zero-order chi connectivity index (χ0) is 17.6. The second kappa shape index (κ2) is 7.70. The van der Waals surface area contributed by atoms with Crippen LogP contribution in [0.15, 0.2) is 59.4 Å². The van der Waals surface area contributed by atoms with E-state index in [1.165, 1.54) is 4.57 Å². The minimum absolute atomic E-state index is 0.00230. The minimum atomic E-state index is -0.210. The number of para-hydroxylation sites is 3. The summed E-state index contributed by atoms with van der Waals surface area (Å²) in [7, 11) is 0. The molecule has 0 spiro atoms. The van der Waals surface area contributed by atoms with Gasteiger partial charge in [0.1, 0.15) is 18.9 Å². The number of rotatable bonds is 7. The minimum Gasteiger partial charge on any atom is -0.492 e. The Labute approximate surface area is 145 Å². The van der Waals surface area contributed by atoms with Crippen molar-refractivity contribution in [2.24, 2.45) is 0 Å². The number of nitrogens with zero attached hydrogens (tertiary/aromatic N) is 2. The SMILES string of the molecule is CCn1c(=O)n(CC(=O)NCCOc2ccccc2)c2ccccc21. The van der Waals surface area contributed by atoms with Crippen molar-refractivity contribution < 1.29 is 9.53 Å². The topological polar surface area (TPSA) is 65.3 Å². The fraction of sp³-hybridized carbons (Fsp3) is 0.263. The molecule has 6 heteroatoms. The van der Waals surface area contributed by atoms with Crippen molar-refractivity contribution in [1.82, 2.24) is 14.5 Å². The van der Waals surface area contributed by atoms with E-state index in [-0.39, 0.29) is 18.1 Å². The van der Waals surface area contributed by atoms with Crippen LogP contribution in [0.3, 0.4) is 0 Å². The molecular formula is C19H21N3O3. The van der Waals surface area contributed by atoms with Gasteiger partial charge in [-0.15, -0.1) is 0 Å². The van der Waals surface area contributed by atoms with Gasteiger partial charge in [0, 0.05) is 6.54 Å². The second-order valence-corrected chi connectivity index (χ2v) is 5.61. The summed E-state index contributed by atoms with van der Waals surface area (Å²) < 4.78 is 8.71. The van der Waals surface area contributed by atoms with E-state index < -0.39 is 0 Å². The summed E-state index contributed by atoms with van der Waals surface area (Å²) in [4.78, 5) is 24.7. The van der Waals surface area contributed by atoms with Gasteiger partial charge in [0.15, 0.2) is 0 Å². The molecule has 3 rings (SSSR count). The Morgan fingerprint density at radius 2 is 1.64 bits per heavy atom.